The van der Waals surface area contributed by atoms with Crippen LogP contribution in [0.5, 0.6) is 11.5 Å². The van der Waals surface area contributed by atoms with Crippen molar-refractivity contribution in [1.82, 2.24) is 0 Å². The molecule has 0 saturated heterocycles. The summed E-state index contributed by atoms with van der Waals surface area (Å²) in [6.45, 7) is 3.71. The highest BCUT2D eigenvalue weighted by Gasteiger charge is 2.41. The number of rotatable bonds is 5. The third-order valence-corrected chi connectivity index (χ3v) is 6.61. The van der Waals surface area contributed by atoms with Crippen LogP contribution in [0.2, 0.25) is 0 Å². The Morgan fingerprint density at radius 1 is 1.09 bits per heavy atom. The van der Waals surface area contributed by atoms with Gasteiger partial charge in [-0.1, -0.05) is 50.2 Å². The van der Waals surface area contributed by atoms with Gasteiger partial charge in [0.1, 0.15) is 6.61 Å². The Morgan fingerprint density at radius 2 is 1.88 bits per heavy atom. The third kappa shape index (κ3) is 3.79. The van der Waals surface area contributed by atoms with Crippen LogP contribution in [0.25, 0.3) is 16.3 Å². The first-order chi connectivity index (χ1) is 16.3. The van der Waals surface area contributed by atoms with Gasteiger partial charge < -0.3 is 24.7 Å². The molecule has 174 valence electrons. The summed E-state index contributed by atoms with van der Waals surface area (Å²) in [5.74, 6) is -0.466. The van der Waals surface area contributed by atoms with Crippen molar-refractivity contribution in [2.45, 2.75) is 32.7 Å². The standard InChI is InChI=1S/C28H27NO5/c1-28(2)13-19-25-18-7-5-4-6-16(18)8-10-20(25)29-27(26(19)21(30)14-28)17-9-11-22(23(12-17)33-3)34-15-24(31)32/h4-12,27,29H,13-15H2,1-3H3,(H,31,32)/p-1/t27-/m1/s1. The highest BCUT2D eigenvalue weighted by Crippen LogP contribution is 2.52. The summed E-state index contributed by atoms with van der Waals surface area (Å²) in [5.41, 5.74) is 4.68. The van der Waals surface area contributed by atoms with Gasteiger partial charge in [-0.15, -0.1) is 0 Å². The van der Waals surface area contributed by atoms with Gasteiger partial charge in [-0.2, -0.15) is 0 Å². The lowest BCUT2D eigenvalue weighted by atomic mass is 9.68. The fraction of sp³-hybridized carbons (Fsp3) is 0.286. The molecule has 1 aliphatic carbocycles. The molecule has 5 rings (SSSR count). The van der Waals surface area contributed by atoms with Crippen LogP contribution in [0.3, 0.4) is 0 Å². The molecule has 34 heavy (non-hydrogen) atoms. The molecular weight excluding hydrogens is 430 g/mol. The number of carbonyl (C=O) groups is 2. The zero-order valence-corrected chi connectivity index (χ0v) is 19.4. The lowest BCUT2D eigenvalue weighted by molar-refractivity contribution is -0.307. The molecule has 1 heterocycles. The van der Waals surface area contributed by atoms with E-state index in [2.05, 4.69) is 43.4 Å². The molecule has 3 aromatic carbocycles. The van der Waals surface area contributed by atoms with E-state index in [1.807, 2.05) is 18.2 Å². The SMILES string of the molecule is COc1cc([C@H]2Nc3ccc4ccccc4c3C3=C2C(=O)CC(C)(C)C3)ccc1OCC(=O)[O-]. The maximum Gasteiger partial charge on any atom is 0.162 e. The summed E-state index contributed by atoms with van der Waals surface area (Å²) < 4.78 is 10.8. The minimum atomic E-state index is -1.31. The second-order valence-electron chi connectivity index (χ2n) is 9.69. The molecule has 0 unspecified atom stereocenters. The predicted octanol–water partition coefficient (Wildman–Crippen LogP) is 4.29. The number of benzene rings is 3. The molecule has 2 aliphatic rings. The van der Waals surface area contributed by atoms with Crippen molar-refractivity contribution in [2.24, 2.45) is 5.41 Å². The van der Waals surface area contributed by atoms with Crippen LogP contribution in [0.1, 0.15) is 43.9 Å². The highest BCUT2D eigenvalue weighted by molar-refractivity contribution is 6.12. The maximum absolute atomic E-state index is 13.5. The highest BCUT2D eigenvalue weighted by atomic mass is 16.5. The average molecular weight is 457 g/mol. The molecular formula is C28H26NO5-. The van der Waals surface area contributed by atoms with E-state index in [1.54, 1.807) is 12.1 Å². The zero-order valence-electron chi connectivity index (χ0n) is 19.4. The van der Waals surface area contributed by atoms with Crippen LogP contribution in [-0.4, -0.2) is 25.5 Å². The smallest absolute Gasteiger partial charge is 0.162 e. The largest absolute Gasteiger partial charge is 0.546 e. The van der Waals surface area contributed by atoms with Crippen LogP contribution in [0.15, 0.2) is 60.2 Å². The number of carbonyl (C=O) groups excluding carboxylic acids is 2. The monoisotopic (exact) mass is 456 g/mol. The number of carboxylic acid groups (broad SMARTS) is 1. The number of carboxylic acids is 1. The molecule has 0 fully saturated rings. The van der Waals surface area contributed by atoms with Gasteiger partial charge in [0.15, 0.2) is 17.3 Å². The number of methoxy groups -OCH3 is 1. The Labute approximate surface area is 198 Å². The van der Waals surface area contributed by atoms with Crippen molar-refractivity contribution in [2.75, 3.05) is 19.0 Å². The number of hydrogen-bond acceptors (Lipinski definition) is 6. The Bertz CT molecular complexity index is 1350. The molecule has 1 N–H and O–H groups in total. The van der Waals surface area contributed by atoms with Crippen molar-refractivity contribution in [3.05, 3.63) is 71.3 Å². The average Bonchev–Trinajstić information content (AvgIpc) is 2.80. The number of Topliss-reactive ketones (excluding diaryl/α,β-unsaturated/α-hetero) is 1. The van der Waals surface area contributed by atoms with Crippen LogP contribution in [0, 0.1) is 5.41 Å². The number of anilines is 1. The van der Waals surface area contributed by atoms with E-state index in [9.17, 15) is 14.7 Å². The molecule has 1 aliphatic heterocycles. The van der Waals surface area contributed by atoms with Gasteiger partial charge in [0, 0.05) is 23.2 Å². The van der Waals surface area contributed by atoms with Gasteiger partial charge in [-0.25, -0.2) is 0 Å². The Morgan fingerprint density at radius 3 is 2.65 bits per heavy atom. The van der Waals surface area contributed by atoms with Crippen LogP contribution in [0.4, 0.5) is 5.69 Å². The Hall–Kier alpha value is -3.80. The maximum atomic E-state index is 13.5. The van der Waals surface area contributed by atoms with Gasteiger partial charge in [0.2, 0.25) is 0 Å². The number of ether oxygens (including phenoxy) is 2. The van der Waals surface area contributed by atoms with Crippen molar-refractivity contribution < 1.29 is 24.2 Å². The van der Waals surface area contributed by atoms with E-state index in [0.29, 0.717) is 17.9 Å². The Kier molecular flexibility index (Phi) is 5.31. The predicted molar refractivity (Wildman–Crippen MR) is 129 cm³/mol. The van der Waals surface area contributed by atoms with E-state index >= 15 is 0 Å². The summed E-state index contributed by atoms with van der Waals surface area (Å²) in [4.78, 5) is 24.4. The van der Waals surface area contributed by atoms with Crippen molar-refractivity contribution >= 4 is 33.8 Å². The normalized spacial score (nSPS) is 18.7. The lowest BCUT2D eigenvalue weighted by Gasteiger charge is -2.40. The van der Waals surface area contributed by atoms with Crippen molar-refractivity contribution in [3.63, 3.8) is 0 Å². The van der Waals surface area contributed by atoms with E-state index < -0.39 is 12.6 Å². The Balaban J connectivity index is 1.67. The molecule has 0 bridgehead atoms. The summed E-state index contributed by atoms with van der Waals surface area (Å²) in [5, 5.41) is 16.7. The molecule has 0 spiro atoms. The van der Waals surface area contributed by atoms with Crippen LogP contribution < -0.4 is 19.9 Å². The topological polar surface area (TPSA) is 87.7 Å². The molecule has 0 aromatic heterocycles. The van der Waals surface area contributed by atoms with Crippen LogP contribution in [-0.2, 0) is 9.59 Å². The summed E-state index contributed by atoms with van der Waals surface area (Å²) >= 11 is 0. The summed E-state index contributed by atoms with van der Waals surface area (Å²) in [6.07, 6.45) is 1.28. The minimum Gasteiger partial charge on any atom is -0.546 e. The number of fused-ring (bicyclic) bond motifs is 4. The number of hydrogen-bond donors (Lipinski definition) is 1. The summed E-state index contributed by atoms with van der Waals surface area (Å²) in [7, 11) is 1.50. The van der Waals surface area contributed by atoms with Gasteiger partial charge in [-0.3, -0.25) is 4.79 Å². The first-order valence-electron chi connectivity index (χ1n) is 11.3. The molecule has 0 saturated carbocycles. The molecule has 6 heteroatoms. The lowest BCUT2D eigenvalue weighted by Crippen LogP contribution is -2.33. The first-order valence-corrected chi connectivity index (χ1v) is 11.3. The van der Waals surface area contributed by atoms with E-state index in [1.165, 1.54) is 7.11 Å². The molecule has 0 radical (unpaired) electrons. The van der Waals surface area contributed by atoms with E-state index in [4.69, 9.17) is 9.47 Å². The van der Waals surface area contributed by atoms with Gasteiger partial charge in [0.25, 0.3) is 0 Å². The number of aliphatic carboxylic acids is 1. The fourth-order valence-electron chi connectivity index (χ4n) is 5.21. The summed E-state index contributed by atoms with van der Waals surface area (Å²) in [6, 6.07) is 17.4. The van der Waals surface area contributed by atoms with E-state index in [-0.39, 0.29) is 17.2 Å². The number of ketones is 1. The van der Waals surface area contributed by atoms with Crippen molar-refractivity contribution in [1.29, 1.82) is 0 Å². The van der Waals surface area contributed by atoms with E-state index in [0.717, 1.165) is 45.2 Å². The van der Waals surface area contributed by atoms with Gasteiger partial charge >= 0.3 is 0 Å². The number of allylic oxidation sites excluding steroid dienone is 1. The molecule has 1 atom stereocenters. The first kappa shape index (κ1) is 22.0. The number of nitrogens with one attached hydrogen (secondary N) is 1. The second-order valence-corrected chi connectivity index (χ2v) is 9.69. The zero-order chi connectivity index (χ0) is 24.0. The third-order valence-electron chi connectivity index (χ3n) is 6.61. The van der Waals surface area contributed by atoms with Crippen molar-refractivity contribution in [3.8, 4) is 11.5 Å². The van der Waals surface area contributed by atoms with Gasteiger partial charge in [-0.05, 0) is 51.9 Å². The van der Waals surface area contributed by atoms with Gasteiger partial charge in [0.05, 0.1) is 19.1 Å². The van der Waals surface area contributed by atoms with Crippen LogP contribution >= 0.6 is 0 Å². The minimum absolute atomic E-state index is 0.133. The fourth-order valence-corrected chi connectivity index (χ4v) is 5.21. The second kappa shape index (κ2) is 8.20. The molecule has 6 nitrogen and oxygen atoms in total. The molecule has 0 amide bonds. The quantitative estimate of drug-likeness (QED) is 0.616. The molecule has 3 aromatic rings.